The molecule has 0 radical (unpaired) electrons. The molecule has 2 aromatic carbocycles. The maximum atomic E-state index is 14.6. The molecule has 8 nitrogen and oxygen atoms in total. The Morgan fingerprint density at radius 2 is 1.73 bits per heavy atom. The topological polar surface area (TPSA) is 104 Å². The van der Waals surface area contributed by atoms with Gasteiger partial charge in [0, 0.05) is 36.7 Å². The van der Waals surface area contributed by atoms with Gasteiger partial charge in [-0.1, -0.05) is 18.2 Å². The number of piperidine rings is 1. The number of carbonyl (C=O) groups excluding carboxylic acids is 1. The van der Waals surface area contributed by atoms with E-state index < -0.39 is 23.6 Å². The van der Waals surface area contributed by atoms with E-state index in [0.717, 1.165) is 23.5 Å². The molecule has 0 aliphatic carbocycles. The second-order valence-corrected chi connectivity index (χ2v) is 9.63. The Labute approximate surface area is 213 Å². The monoisotopic (exact) mass is 524 g/mol. The molecule has 37 heavy (non-hydrogen) atoms. The number of fused-ring (bicyclic) bond motifs is 1. The van der Waals surface area contributed by atoms with E-state index in [1.54, 1.807) is 30.3 Å². The molecular weight excluding hydrogens is 502 g/mol. The van der Waals surface area contributed by atoms with Gasteiger partial charge in [-0.3, -0.25) is 14.2 Å². The van der Waals surface area contributed by atoms with E-state index in [2.05, 4.69) is 10.6 Å². The number of nitrogens with zero attached hydrogens (tertiary/aromatic N) is 2. The highest BCUT2D eigenvalue weighted by atomic mass is 32.1. The van der Waals surface area contributed by atoms with Gasteiger partial charge < -0.3 is 20.6 Å². The quantitative estimate of drug-likeness (QED) is 0.343. The lowest BCUT2D eigenvalue weighted by Gasteiger charge is -2.30. The summed E-state index contributed by atoms with van der Waals surface area (Å²) in [6.45, 7) is 0.596. The predicted molar refractivity (Wildman–Crippen MR) is 137 cm³/mol. The number of amides is 2. The molecule has 1 saturated heterocycles. The lowest BCUT2D eigenvalue weighted by molar-refractivity contribution is 0.0912. The summed E-state index contributed by atoms with van der Waals surface area (Å²) in [4.78, 5) is 39.5. The lowest BCUT2D eigenvalue weighted by Crippen LogP contribution is -2.46. The van der Waals surface area contributed by atoms with Crippen molar-refractivity contribution in [3.8, 4) is 5.69 Å². The van der Waals surface area contributed by atoms with Crippen LogP contribution in [0.15, 0.2) is 65.5 Å². The number of benzene rings is 2. The fourth-order valence-electron chi connectivity index (χ4n) is 4.38. The van der Waals surface area contributed by atoms with Crippen molar-refractivity contribution in [2.45, 2.75) is 18.9 Å². The summed E-state index contributed by atoms with van der Waals surface area (Å²) in [5.41, 5.74) is 0.567. The first kappa shape index (κ1) is 24.4. The van der Waals surface area contributed by atoms with Crippen molar-refractivity contribution in [2.24, 2.45) is 0 Å². The van der Waals surface area contributed by atoms with Crippen LogP contribution < -0.4 is 16.2 Å². The lowest BCUT2D eigenvalue weighted by atomic mass is 10.1. The van der Waals surface area contributed by atoms with Gasteiger partial charge in [0.05, 0.1) is 17.1 Å². The molecule has 1 aliphatic rings. The summed E-state index contributed by atoms with van der Waals surface area (Å²) in [6, 6.07) is 14.7. The largest absolute Gasteiger partial charge is 0.465 e. The van der Waals surface area contributed by atoms with Crippen LogP contribution in [0, 0.1) is 11.6 Å². The fourth-order valence-corrected chi connectivity index (χ4v) is 5.55. The number of carbonyl (C=O) groups is 2. The normalized spacial score (nSPS) is 14.1. The smallest absolute Gasteiger partial charge is 0.407 e. The minimum Gasteiger partial charge on any atom is -0.465 e. The molecule has 3 heterocycles. The van der Waals surface area contributed by atoms with Gasteiger partial charge in [-0.2, -0.15) is 0 Å². The highest BCUT2D eigenvalue weighted by Gasteiger charge is 2.27. The number of likely N-dealkylation sites (tertiary alicyclic amines) is 1. The molecule has 1 fully saturated rings. The number of aromatic nitrogens is 1. The fraction of sp³-hybridized carbons (Fsp3) is 0.192. The summed E-state index contributed by atoms with van der Waals surface area (Å²) in [5.74, 6) is -2.00. The van der Waals surface area contributed by atoms with Crippen LogP contribution in [0.5, 0.6) is 0 Å². The van der Waals surface area contributed by atoms with E-state index in [9.17, 15) is 28.3 Å². The second kappa shape index (κ2) is 10.0. The average Bonchev–Trinajstić information content (AvgIpc) is 3.24. The first-order valence-corrected chi connectivity index (χ1v) is 12.4. The molecular formula is C26H22F2N4O4S. The molecule has 190 valence electrons. The summed E-state index contributed by atoms with van der Waals surface area (Å²) in [6.07, 6.45) is -0.0963. The number of nitrogens with one attached hydrogen (secondary N) is 2. The van der Waals surface area contributed by atoms with E-state index in [0.29, 0.717) is 41.8 Å². The number of anilines is 2. The number of thiophene rings is 1. The Morgan fingerprint density at radius 1 is 1.00 bits per heavy atom. The van der Waals surface area contributed by atoms with Crippen LogP contribution in [0.2, 0.25) is 0 Å². The van der Waals surface area contributed by atoms with E-state index in [1.807, 2.05) is 6.07 Å². The molecule has 4 aromatic rings. The summed E-state index contributed by atoms with van der Waals surface area (Å²) >= 11 is 1.08. The number of carboxylic acid groups (broad SMARTS) is 1. The predicted octanol–water partition coefficient (Wildman–Crippen LogP) is 4.95. The van der Waals surface area contributed by atoms with Gasteiger partial charge >= 0.3 is 6.09 Å². The van der Waals surface area contributed by atoms with E-state index in [4.69, 9.17) is 0 Å². The van der Waals surface area contributed by atoms with Crippen LogP contribution in [0.25, 0.3) is 15.9 Å². The number of hydrogen-bond acceptors (Lipinski definition) is 5. The average molecular weight is 525 g/mol. The number of hydrogen-bond donors (Lipinski definition) is 3. The summed E-state index contributed by atoms with van der Waals surface area (Å²) in [5, 5.41) is 15.6. The third-order valence-corrected chi connectivity index (χ3v) is 7.44. The van der Waals surface area contributed by atoms with Gasteiger partial charge in [-0.05, 0) is 43.2 Å². The molecule has 0 saturated carbocycles. The highest BCUT2D eigenvalue weighted by Crippen LogP contribution is 2.38. The first-order chi connectivity index (χ1) is 17.8. The van der Waals surface area contributed by atoms with Crippen LogP contribution in [-0.2, 0) is 0 Å². The van der Waals surface area contributed by atoms with Crippen LogP contribution >= 0.6 is 11.3 Å². The Balaban J connectivity index is 1.57. The van der Waals surface area contributed by atoms with Gasteiger partial charge in [0.15, 0.2) is 0 Å². The zero-order chi connectivity index (χ0) is 26.1. The zero-order valence-electron chi connectivity index (χ0n) is 19.4. The Bertz CT molecular complexity index is 1550. The molecule has 0 atom stereocenters. The van der Waals surface area contributed by atoms with Crippen LogP contribution in [0.3, 0.4) is 0 Å². The minimum atomic E-state index is -0.999. The van der Waals surface area contributed by atoms with Crippen molar-refractivity contribution < 1.29 is 23.5 Å². The van der Waals surface area contributed by atoms with Crippen molar-refractivity contribution in [1.29, 1.82) is 0 Å². The molecule has 5 rings (SSSR count). The Hall–Kier alpha value is -4.25. The van der Waals surface area contributed by atoms with Crippen LogP contribution in [-0.4, -0.2) is 45.7 Å². The minimum absolute atomic E-state index is 0.0256. The standard InChI is InChI=1S/C26H22F2N4O4S/c27-15-6-8-20(19(28)14-15)30-22-18-7-9-21(33)32(17-4-2-1-3-5-17)25(18)37-23(22)24(34)29-16-10-12-31(13-11-16)26(35)36/h1-9,14,16,30H,10-13H2,(H,29,34)(H,35,36). The third-order valence-electron chi connectivity index (χ3n) is 6.25. The van der Waals surface area contributed by atoms with Crippen molar-refractivity contribution in [2.75, 3.05) is 18.4 Å². The Morgan fingerprint density at radius 3 is 2.41 bits per heavy atom. The SMILES string of the molecule is O=C(NC1CCN(C(=O)O)CC1)c1sc2c(ccc(=O)n2-c2ccccc2)c1Nc1ccc(F)cc1F. The van der Waals surface area contributed by atoms with E-state index >= 15 is 0 Å². The Kier molecular flexibility index (Phi) is 6.62. The van der Waals surface area contributed by atoms with Gasteiger partial charge in [0.25, 0.3) is 11.5 Å². The van der Waals surface area contributed by atoms with Gasteiger partial charge in [0.2, 0.25) is 0 Å². The number of halogens is 2. The van der Waals surface area contributed by atoms with E-state index in [-0.39, 0.29) is 27.9 Å². The van der Waals surface area contributed by atoms with Crippen molar-refractivity contribution in [1.82, 2.24) is 14.8 Å². The molecule has 0 unspecified atom stereocenters. The maximum absolute atomic E-state index is 14.6. The van der Waals surface area contributed by atoms with Gasteiger partial charge in [0.1, 0.15) is 21.3 Å². The second-order valence-electron chi connectivity index (χ2n) is 8.63. The molecule has 2 aromatic heterocycles. The molecule has 11 heteroatoms. The summed E-state index contributed by atoms with van der Waals surface area (Å²) < 4.78 is 29.5. The maximum Gasteiger partial charge on any atom is 0.407 e. The number of rotatable bonds is 5. The van der Waals surface area contributed by atoms with Crippen molar-refractivity contribution in [3.63, 3.8) is 0 Å². The zero-order valence-corrected chi connectivity index (χ0v) is 20.2. The van der Waals surface area contributed by atoms with Crippen LogP contribution in [0.1, 0.15) is 22.5 Å². The highest BCUT2D eigenvalue weighted by molar-refractivity contribution is 7.21. The van der Waals surface area contributed by atoms with Crippen molar-refractivity contribution in [3.05, 3.63) is 87.5 Å². The summed E-state index contributed by atoms with van der Waals surface area (Å²) in [7, 11) is 0. The van der Waals surface area contributed by atoms with Crippen molar-refractivity contribution >= 4 is 44.9 Å². The molecule has 0 bridgehead atoms. The van der Waals surface area contributed by atoms with Gasteiger partial charge in [-0.25, -0.2) is 13.6 Å². The number of para-hydroxylation sites is 1. The molecule has 1 aliphatic heterocycles. The molecule has 3 N–H and O–H groups in total. The number of pyridine rings is 1. The third kappa shape index (κ3) is 4.90. The van der Waals surface area contributed by atoms with E-state index in [1.165, 1.54) is 21.6 Å². The van der Waals surface area contributed by atoms with Crippen LogP contribution in [0.4, 0.5) is 25.0 Å². The van der Waals surface area contributed by atoms with Gasteiger partial charge in [-0.15, -0.1) is 11.3 Å². The molecule has 0 spiro atoms. The molecule has 2 amide bonds. The first-order valence-electron chi connectivity index (χ1n) is 11.6.